The molecule has 0 saturated heterocycles. The first-order valence-corrected chi connectivity index (χ1v) is 12.1. The van der Waals surface area contributed by atoms with Crippen LogP contribution >= 0.6 is 0 Å². The van der Waals surface area contributed by atoms with Crippen molar-refractivity contribution < 1.29 is 32.2 Å². The van der Waals surface area contributed by atoms with E-state index in [1.54, 1.807) is 30.3 Å². The average Bonchev–Trinajstić information content (AvgIpc) is 2.89. The number of carbonyl (C=O) groups is 1. The molecule has 0 atom stereocenters. The topological polar surface area (TPSA) is 44.8 Å². The number of hydrogen-bond acceptors (Lipinski definition) is 4. The van der Waals surface area contributed by atoms with E-state index >= 15 is 0 Å². The highest BCUT2D eigenvalue weighted by Gasteiger charge is 2.28. The van der Waals surface area contributed by atoms with Crippen LogP contribution in [0, 0.1) is 17.5 Å². The Balaban J connectivity index is 1.37. The minimum atomic E-state index is -1.24. The zero-order valence-corrected chi connectivity index (χ0v) is 20.4. The Bertz CT molecular complexity index is 1200. The minimum Gasteiger partial charge on any atom is -0.497 e. The van der Waals surface area contributed by atoms with Gasteiger partial charge in [-0.3, -0.25) is 0 Å². The minimum absolute atomic E-state index is 0.0130. The van der Waals surface area contributed by atoms with Gasteiger partial charge in [0.05, 0.1) is 19.3 Å². The summed E-state index contributed by atoms with van der Waals surface area (Å²) in [7, 11) is 1.52. The van der Waals surface area contributed by atoms with Crippen LogP contribution in [0.4, 0.5) is 13.2 Å². The lowest BCUT2D eigenvalue weighted by Gasteiger charge is -2.29. The van der Waals surface area contributed by atoms with Crippen molar-refractivity contribution in [1.82, 2.24) is 0 Å². The standard InChI is InChI=1S/C29H29F3O4/c1-3-35-17-18-4-13-23(26(30)16-18)19-7-11-22(12-8-19)36-29(33)25-15-14-24(27(31)28(25)32)20-5-9-21(34-2)10-6-20/h4-6,9-10,13-16,19,22H,3,7-8,11-12,17H2,1-2H3. The van der Waals surface area contributed by atoms with Crippen molar-refractivity contribution in [2.24, 2.45) is 0 Å². The van der Waals surface area contributed by atoms with Gasteiger partial charge in [-0.25, -0.2) is 18.0 Å². The van der Waals surface area contributed by atoms with Crippen LogP contribution < -0.4 is 4.74 Å². The Morgan fingerprint density at radius 2 is 1.64 bits per heavy atom. The van der Waals surface area contributed by atoms with Gasteiger partial charge in [0.1, 0.15) is 17.7 Å². The van der Waals surface area contributed by atoms with Gasteiger partial charge in [0.25, 0.3) is 0 Å². The summed E-state index contributed by atoms with van der Waals surface area (Å²) in [5.41, 5.74) is 1.49. The highest BCUT2D eigenvalue weighted by molar-refractivity contribution is 5.90. The fourth-order valence-electron chi connectivity index (χ4n) is 4.62. The number of halogens is 3. The van der Waals surface area contributed by atoms with Gasteiger partial charge in [-0.2, -0.15) is 0 Å². The molecule has 0 radical (unpaired) electrons. The zero-order valence-electron chi connectivity index (χ0n) is 20.4. The first-order valence-electron chi connectivity index (χ1n) is 12.1. The average molecular weight is 499 g/mol. The van der Waals surface area contributed by atoms with Gasteiger partial charge < -0.3 is 14.2 Å². The molecule has 1 aliphatic carbocycles. The van der Waals surface area contributed by atoms with Crippen LogP contribution in [0.5, 0.6) is 5.75 Å². The molecule has 0 aromatic heterocycles. The number of esters is 1. The molecule has 0 heterocycles. The van der Waals surface area contributed by atoms with E-state index in [1.165, 1.54) is 25.3 Å². The summed E-state index contributed by atoms with van der Waals surface area (Å²) in [4.78, 5) is 12.6. The Hall–Kier alpha value is -3.32. The molecule has 3 aromatic carbocycles. The molecule has 4 nitrogen and oxygen atoms in total. The summed E-state index contributed by atoms with van der Waals surface area (Å²) < 4.78 is 60.1. The van der Waals surface area contributed by atoms with E-state index in [-0.39, 0.29) is 17.3 Å². The van der Waals surface area contributed by atoms with E-state index in [2.05, 4.69) is 0 Å². The van der Waals surface area contributed by atoms with Crippen molar-refractivity contribution in [1.29, 1.82) is 0 Å². The zero-order chi connectivity index (χ0) is 25.7. The van der Waals surface area contributed by atoms with Gasteiger partial charge in [0.15, 0.2) is 11.6 Å². The highest BCUT2D eigenvalue weighted by Crippen LogP contribution is 2.36. The SMILES string of the molecule is CCOCc1ccc(C2CCC(OC(=O)c3ccc(-c4ccc(OC)cc4)c(F)c3F)CC2)c(F)c1. The second-order valence-corrected chi connectivity index (χ2v) is 8.89. The summed E-state index contributed by atoms with van der Waals surface area (Å²) in [5, 5.41) is 0. The van der Waals surface area contributed by atoms with Crippen molar-refractivity contribution in [3.8, 4) is 16.9 Å². The number of hydrogen-bond donors (Lipinski definition) is 0. The van der Waals surface area contributed by atoms with E-state index in [4.69, 9.17) is 14.2 Å². The first-order chi connectivity index (χ1) is 17.4. The van der Waals surface area contributed by atoms with Crippen LogP contribution in [0.15, 0.2) is 54.6 Å². The fraction of sp³-hybridized carbons (Fsp3) is 0.345. The quantitative estimate of drug-likeness (QED) is 0.308. The normalized spacial score (nSPS) is 17.6. The maximum Gasteiger partial charge on any atom is 0.341 e. The second kappa shape index (κ2) is 11.6. The van der Waals surface area contributed by atoms with Crippen LogP contribution in [0.25, 0.3) is 11.1 Å². The summed E-state index contributed by atoms with van der Waals surface area (Å²) in [6.45, 7) is 2.82. The molecule has 1 aliphatic rings. The van der Waals surface area contributed by atoms with Crippen molar-refractivity contribution in [3.63, 3.8) is 0 Å². The Morgan fingerprint density at radius 1 is 0.917 bits per heavy atom. The molecule has 4 rings (SSSR count). The van der Waals surface area contributed by atoms with Crippen LogP contribution in [0.2, 0.25) is 0 Å². The molecule has 190 valence electrons. The molecular weight excluding hydrogens is 469 g/mol. The Kier molecular flexibility index (Phi) is 8.31. The lowest BCUT2D eigenvalue weighted by molar-refractivity contribution is 0.0188. The van der Waals surface area contributed by atoms with Crippen LogP contribution in [-0.4, -0.2) is 25.8 Å². The van der Waals surface area contributed by atoms with Gasteiger partial charge in [-0.1, -0.05) is 30.3 Å². The van der Waals surface area contributed by atoms with E-state index in [9.17, 15) is 18.0 Å². The first kappa shape index (κ1) is 25.8. The van der Waals surface area contributed by atoms with Gasteiger partial charge in [0, 0.05) is 12.2 Å². The maximum atomic E-state index is 14.8. The maximum absolute atomic E-state index is 14.8. The van der Waals surface area contributed by atoms with E-state index in [0.29, 0.717) is 55.8 Å². The Morgan fingerprint density at radius 3 is 2.28 bits per heavy atom. The third-order valence-electron chi connectivity index (χ3n) is 6.63. The van der Waals surface area contributed by atoms with Gasteiger partial charge >= 0.3 is 5.97 Å². The van der Waals surface area contributed by atoms with Gasteiger partial charge in [0.2, 0.25) is 0 Å². The second-order valence-electron chi connectivity index (χ2n) is 8.89. The van der Waals surface area contributed by atoms with Gasteiger partial charge in [-0.05, 0) is 79.5 Å². The third kappa shape index (κ3) is 5.73. The van der Waals surface area contributed by atoms with Crippen LogP contribution in [0.3, 0.4) is 0 Å². The van der Waals surface area contributed by atoms with Gasteiger partial charge in [-0.15, -0.1) is 0 Å². The van der Waals surface area contributed by atoms with Crippen molar-refractivity contribution in [2.45, 2.75) is 51.2 Å². The number of methoxy groups -OCH3 is 1. The molecule has 1 fully saturated rings. The largest absolute Gasteiger partial charge is 0.497 e. The molecule has 0 amide bonds. The molecular formula is C29H29F3O4. The van der Waals surface area contributed by atoms with Crippen molar-refractivity contribution in [3.05, 3.63) is 88.7 Å². The van der Waals surface area contributed by atoms with Crippen LogP contribution in [-0.2, 0) is 16.1 Å². The number of benzene rings is 3. The lowest BCUT2D eigenvalue weighted by atomic mass is 9.82. The number of ether oxygens (including phenoxy) is 3. The fourth-order valence-corrected chi connectivity index (χ4v) is 4.62. The smallest absolute Gasteiger partial charge is 0.341 e. The van der Waals surface area contributed by atoms with E-state index in [1.807, 2.05) is 13.0 Å². The number of carbonyl (C=O) groups excluding carboxylic acids is 1. The lowest BCUT2D eigenvalue weighted by Crippen LogP contribution is -2.25. The monoisotopic (exact) mass is 498 g/mol. The molecule has 1 saturated carbocycles. The third-order valence-corrected chi connectivity index (χ3v) is 6.63. The predicted molar refractivity (Wildman–Crippen MR) is 130 cm³/mol. The molecule has 0 N–H and O–H groups in total. The highest BCUT2D eigenvalue weighted by atomic mass is 19.2. The molecule has 0 bridgehead atoms. The summed E-state index contributed by atoms with van der Waals surface area (Å²) in [6, 6.07) is 14.3. The predicted octanol–water partition coefficient (Wildman–Crippen LogP) is 7.20. The van der Waals surface area contributed by atoms with Crippen LogP contribution in [0.1, 0.15) is 60.0 Å². The van der Waals surface area contributed by atoms with E-state index in [0.717, 1.165) is 5.56 Å². The summed E-state index contributed by atoms with van der Waals surface area (Å²) >= 11 is 0. The molecule has 36 heavy (non-hydrogen) atoms. The summed E-state index contributed by atoms with van der Waals surface area (Å²) in [6.07, 6.45) is 1.87. The Labute approximate surface area is 209 Å². The molecule has 0 spiro atoms. The number of rotatable bonds is 8. The molecule has 7 heteroatoms. The van der Waals surface area contributed by atoms with Crippen molar-refractivity contribution >= 4 is 5.97 Å². The molecule has 3 aromatic rings. The van der Waals surface area contributed by atoms with Crippen molar-refractivity contribution in [2.75, 3.05) is 13.7 Å². The molecule has 0 unspecified atom stereocenters. The summed E-state index contributed by atoms with van der Waals surface area (Å²) in [5.74, 6) is -2.91. The molecule has 0 aliphatic heterocycles. The van der Waals surface area contributed by atoms with E-state index < -0.39 is 29.3 Å².